The summed E-state index contributed by atoms with van der Waals surface area (Å²) in [4.78, 5) is 0.392. The Balaban J connectivity index is 1.69. The van der Waals surface area contributed by atoms with E-state index in [1.165, 1.54) is 35.1 Å². The number of halogens is 1. The van der Waals surface area contributed by atoms with Gasteiger partial charge in [0.25, 0.3) is 0 Å². The Kier molecular flexibility index (Phi) is 2.97. The second-order valence-electron chi connectivity index (χ2n) is 5.91. The van der Waals surface area contributed by atoms with Crippen LogP contribution in [0.15, 0.2) is 48.5 Å². The molecule has 2 aliphatic rings. The summed E-state index contributed by atoms with van der Waals surface area (Å²) in [6.07, 6.45) is 2.53. The van der Waals surface area contributed by atoms with Crippen LogP contribution in [0.1, 0.15) is 39.9 Å². The lowest BCUT2D eigenvalue weighted by Gasteiger charge is -2.23. The molecule has 0 N–H and O–H groups in total. The second kappa shape index (κ2) is 4.71. The van der Waals surface area contributed by atoms with Gasteiger partial charge in [-0.05, 0) is 35.1 Å². The number of hydrogen-bond donors (Lipinski definition) is 0. The van der Waals surface area contributed by atoms with E-state index in [9.17, 15) is 0 Å². The fraction of sp³-hybridized carbons (Fsp3) is 0.333. The zero-order valence-electron chi connectivity index (χ0n) is 11.3. The van der Waals surface area contributed by atoms with E-state index in [0.29, 0.717) is 4.83 Å². The van der Waals surface area contributed by atoms with E-state index in [4.69, 9.17) is 4.74 Å². The predicted molar refractivity (Wildman–Crippen MR) is 84.0 cm³/mol. The molecular weight excluding hydrogens is 312 g/mol. The van der Waals surface area contributed by atoms with Gasteiger partial charge in [0.15, 0.2) is 0 Å². The van der Waals surface area contributed by atoms with Crippen molar-refractivity contribution in [3.05, 3.63) is 70.8 Å². The van der Waals surface area contributed by atoms with Crippen molar-refractivity contribution < 1.29 is 4.74 Å². The first-order chi connectivity index (χ1) is 9.79. The fourth-order valence-corrected chi connectivity index (χ4v) is 4.27. The molecule has 1 unspecified atom stereocenters. The van der Waals surface area contributed by atoms with Crippen molar-refractivity contribution in [2.24, 2.45) is 0 Å². The van der Waals surface area contributed by atoms with Gasteiger partial charge in [0.05, 0.1) is 13.2 Å². The first kappa shape index (κ1) is 12.6. The van der Waals surface area contributed by atoms with Crippen molar-refractivity contribution in [3.8, 4) is 0 Å². The van der Waals surface area contributed by atoms with E-state index in [2.05, 4.69) is 64.5 Å². The quantitative estimate of drug-likeness (QED) is 0.729. The minimum Gasteiger partial charge on any atom is -0.372 e. The average molecular weight is 329 g/mol. The van der Waals surface area contributed by atoms with Gasteiger partial charge in [0, 0.05) is 10.2 Å². The maximum absolute atomic E-state index is 5.52. The van der Waals surface area contributed by atoms with E-state index in [1.807, 2.05) is 0 Å². The molecule has 0 radical (unpaired) electrons. The van der Waals surface area contributed by atoms with Crippen LogP contribution in [-0.2, 0) is 23.4 Å². The molecule has 0 spiro atoms. The Labute approximate surface area is 128 Å². The first-order valence-electron chi connectivity index (χ1n) is 7.19. The summed E-state index contributed by atoms with van der Waals surface area (Å²) in [6, 6.07) is 17.7. The number of hydrogen-bond acceptors (Lipinski definition) is 1. The normalized spacial score (nSPS) is 20.4. The zero-order valence-corrected chi connectivity index (χ0v) is 12.9. The second-order valence-corrected chi connectivity index (χ2v) is 6.82. The van der Waals surface area contributed by atoms with Gasteiger partial charge in [0.1, 0.15) is 0 Å². The van der Waals surface area contributed by atoms with Crippen LogP contribution in [0.4, 0.5) is 0 Å². The van der Waals surface area contributed by atoms with Gasteiger partial charge in [-0.1, -0.05) is 64.5 Å². The Morgan fingerprint density at radius 3 is 2.45 bits per heavy atom. The summed E-state index contributed by atoms with van der Waals surface area (Å²) in [7, 11) is 0. The lowest BCUT2D eigenvalue weighted by molar-refractivity contribution is 0.134. The van der Waals surface area contributed by atoms with E-state index >= 15 is 0 Å². The molecule has 102 valence electrons. The maximum atomic E-state index is 5.52. The predicted octanol–water partition coefficient (Wildman–Crippen LogP) is 4.88. The van der Waals surface area contributed by atoms with Crippen LogP contribution in [0.3, 0.4) is 0 Å². The van der Waals surface area contributed by atoms with Crippen molar-refractivity contribution in [2.75, 3.05) is 0 Å². The summed E-state index contributed by atoms with van der Waals surface area (Å²) in [6.45, 7) is 1.54. The lowest BCUT2D eigenvalue weighted by atomic mass is 9.88. The molecule has 1 aliphatic carbocycles. The van der Waals surface area contributed by atoms with E-state index in [1.54, 1.807) is 0 Å². The molecule has 2 aromatic carbocycles. The molecule has 1 aliphatic heterocycles. The molecule has 4 rings (SSSR count). The molecule has 2 aromatic rings. The summed E-state index contributed by atoms with van der Waals surface area (Å²) in [5.74, 6) is 0. The smallest absolute Gasteiger partial charge is 0.0725 e. The molecule has 1 heterocycles. The highest BCUT2D eigenvalue weighted by molar-refractivity contribution is 9.09. The summed E-state index contributed by atoms with van der Waals surface area (Å²) < 4.78 is 5.52. The van der Waals surface area contributed by atoms with Crippen LogP contribution in [-0.4, -0.2) is 0 Å². The fourth-order valence-electron chi connectivity index (χ4n) is 3.26. The van der Waals surface area contributed by atoms with Crippen molar-refractivity contribution in [1.82, 2.24) is 0 Å². The highest BCUT2D eigenvalue weighted by Gasteiger charge is 2.50. The molecule has 0 amide bonds. The van der Waals surface area contributed by atoms with Crippen LogP contribution in [0.2, 0.25) is 0 Å². The number of benzene rings is 2. The SMILES string of the molecule is BrC(c1ccc2c(c1)COC2)C1(c2ccccc2)CC1. The standard InChI is InChI=1S/C18H17BrO/c19-17(13-6-7-14-11-20-12-15(14)10-13)18(8-9-18)16-4-2-1-3-5-16/h1-7,10,17H,8-9,11-12H2. The molecule has 0 aromatic heterocycles. The van der Waals surface area contributed by atoms with E-state index < -0.39 is 0 Å². The van der Waals surface area contributed by atoms with E-state index in [0.717, 1.165) is 13.2 Å². The largest absolute Gasteiger partial charge is 0.372 e. The van der Waals surface area contributed by atoms with Crippen LogP contribution >= 0.6 is 15.9 Å². The summed E-state index contributed by atoms with van der Waals surface area (Å²) >= 11 is 3.97. The zero-order chi connectivity index (χ0) is 13.6. The van der Waals surface area contributed by atoms with Gasteiger partial charge in [-0.2, -0.15) is 0 Å². The first-order valence-corrected chi connectivity index (χ1v) is 8.10. The van der Waals surface area contributed by atoms with Gasteiger partial charge in [-0.15, -0.1) is 0 Å². The molecule has 0 saturated heterocycles. The van der Waals surface area contributed by atoms with Gasteiger partial charge in [-0.25, -0.2) is 0 Å². The Hall–Kier alpha value is -1.12. The van der Waals surface area contributed by atoms with Crippen molar-refractivity contribution in [3.63, 3.8) is 0 Å². The third-order valence-corrected chi connectivity index (χ3v) is 6.07. The Morgan fingerprint density at radius 1 is 0.950 bits per heavy atom. The highest BCUT2D eigenvalue weighted by Crippen LogP contribution is 2.60. The molecule has 1 nitrogen and oxygen atoms in total. The van der Waals surface area contributed by atoms with Gasteiger partial charge >= 0.3 is 0 Å². The van der Waals surface area contributed by atoms with Crippen molar-refractivity contribution in [2.45, 2.75) is 36.3 Å². The molecule has 1 saturated carbocycles. The topological polar surface area (TPSA) is 9.23 Å². The number of ether oxygens (including phenoxy) is 1. The van der Waals surface area contributed by atoms with Gasteiger partial charge in [0.2, 0.25) is 0 Å². The highest BCUT2D eigenvalue weighted by atomic mass is 79.9. The van der Waals surface area contributed by atoms with Crippen LogP contribution in [0, 0.1) is 0 Å². The number of fused-ring (bicyclic) bond motifs is 1. The molecular formula is C18H17BrO. The third kappa shape index (κ3) is 1.94. The minimum absolute atomic E-state index is 0.287. The number of alkyl halides is 1. The van der Waals surface area contributed by atoms with Crippen LogP contribution in [0.5, 0.6) is 0 Å². The molecule has 1 fully saturated rings. The molecule has 0 bridgehead atoms. The molecule has 1 atom stereocenters. The molecule has 2 heteroatoms. The van der Waals surface area contributed by atoms with Crippen LogP contribution < -0.4 is 0 Å². The van der Waals surface area contributed by atoms with Crippen molar-refractivity contribution in [1.29, 1.82) is 0 Å². The van der Waals surface area contributed by atoms with Gasteiger partial charge in [-0.3, -0.25) is 0 Å². The summed E-state index contributed by atoms with van der Waals surface area (Å²) in [5, 5.41) is 0. The average Bonchev–Trinajstić information content (AvgIpc) is 3.18. The Bertz CT molecular complexity index is 631. The van der Waals surface area contributed by atoms with E-state index in [-0.39, 0.29) is 5.41 Å². The third-order valence-electron chi connectivity index (χ3n) is 4.66. The number of rotatable bonds is 3. The lowest BCUT2D eigenvalue weighted by Crippen LogP contribution is -2.13. The summed E-state index contributed by atoms with van der Waals surface area (Å²) in [5.41, 5.74) is 5.83. The molecule has 20 heavy (non-hydrogen) atoms. The monoisotopic (exact) mass is 328 g/mol. The van der Waals surface area contributed by atoms with Gasteiger partial charge < -0.3 is 4.74 Å². The minimum atomic E-state index is 0.287. The van der Waals surface area contributed by atoms with Crippen molar-refractivity contribution >= 4 is 15.9 Å². The van der Waals surface area contributed by atoms with Crippen LogP contribution in [0.25, 0.3) is 0 Å². The Morgan fingerprint density at radius 2 is 1.70 bits per heavy atom. The maximum Gasteiger partial charge on any atom is 0.0725 e.